The maximum absolute atomic E-state index is 12.3. The standard InChI is InChI=1S/C16H15NO3S/c18-14-9-13(16(19)20)15(11-5-2-1-3-6-11)17(14)10-12-7-4-8-21-12/h1-8,13,15H,9-10H2,(H,19,20)/t13-,15-/m1/s1. The van der Waals surface area contributed by atoms with Gasteiger partial charge in [0.1, 0.15) is 0 Å². The second-order valence-corrected chi connectivity index (χ2v) is 6.14. The second-order valence-electron chi connectivity index (χ2n) is 5.11. The van der Waals surface area contributed by atoms with Gasteiger partial charge in [0.05, 0.1) is 18.5 Å². The zero-order chi connectivity index (χ0) is 14.8. The summed E-state index contributed by atoms with van der Waals surface area (Å²) in [7, 11) is 0. The molecule has 1 fully saturated rings. The van der Waals surface area contributed by atoms with Gasteiger partial charge in [0.2, 0.25) is 5.91 Å². The van der Waals surface area contributed by atoms with E-state index in [4.69, 9.17) is 0 Å². The molecule has 0 spiro atoms. The largest absolute Gasteiger partial charge is 0.481 e. The van der Waals surface area contributed by atoms with Gasteiger partial charge in [-0.05, 0) is 17.0 Å². The van der Waals surface area contributed by atoms with Crippen LogP contribution in [-0.4, -0.2) is 21.9 Å². The number of amides is 1. The molecule has 1 amide bonds. The number of aliphatic carboxylic acids is 1. The smallest absolute Gasteiger partial charge is 0.309 e. The minimum absolute atomic E-state index is 0.0697. The molecule has 21 heavy (non-hydrogen) atoms. The van der Waals surface area contributed by atoms with Gasteiger partial charge >= 0.3 is 5.97 Å². The quantitative estimate of drug-likeness (QED) is 0.944. The van der Waals surface area contributed by atoms with Crippen LogP contribution in [0.3, 0.4) is 0 Å². The van der Waals surface area contributed by atoms with Gasteiger partial charge in [0.15, 0.2) is 0 Å². The van der Waals surface area contributed by atoms with Crippen molar-refractivity contribution in [3.05, 3.63) is 58.3 Å². The molecule has 1 N–H and O–H groups in total. The minimum Gasteiger partial charge on any atom is -0.481 e. The molecule has 0 aliphatic carbocycles. The number of benzene rings is 1. The van der Waals surface area contributed by atoms with Crippen LogP contribution in [0.1, 0.15) is 22.9 Å². The molecule has 5 heteroatoms. The number of carbonyl (C=O) groups is 2. The highest BCUT2D eigenvalue weighted by Gasteiger charge is 2.44. The summed E-state index contributed by atoms with van der Waals surface area (Å²) >= 11 is 1.58. The molecule has 2 atom stereocenters. The lowest BCUT2D eigenvalue weighted by Gasteiger charge is -2.27. The molecule has 0 radical (unpaired) electrons. The summed E-state index contributed by atoms with van der Waals surface area (Å²) in [6.07, 6.45) is 0.0697. The number of likely N-dealkylation sites (tertiary alicyclic amines) is 1. The van der Waals surface area contributed by atoms with Crippen molar-refractivity contribution in [3.63, 3.8) is 0 Å². The van der Waals surface area contributed by atoms with E-state index in [0.717, 1.165) is 10.4 Å². The third-order valence-corrected chi connectivity index (χ3v) is 4.66. The molecule has 1 saturated heterocycles. The fraction of sp³-hybridized carbons (Fsp3) is 0.250. The van der Waals surface area contributed by atoms with Gasteiger partial charge in [0, 0.05) is 11.3 Å². The van der Waals surface area contributed by atoms with Crippen LogP contribution >= 0.6 is 11.3 Å². The topological polar surface area (TPSA) is 57.6 Å². The Kier molecular flexibility index (Phi) is 3.75. The van der Waals surface area contributed by atoms with Gasteiger partial charge in [-0.2, -0.15) is 0 Å². The van der Waals surface area contributed by atoms with Crippen molar-refractivity contribution in [2.75, 3.05) is 0 Å². The lowest BCUT2D eigenvalue weighted by atomic mass is 9.94. The Labute approximate surface area is 126 Å². The van der Waals surface area contributed by atoms with E-state index >= 15 is 0 Å². The van der Waals surface area contributed by atoms with Crippen molar-refractivity contribution in [1.29, 1.82) is 0 Å². The van der Waals surface area contributed by atoms with Crippen LogP contribution in [0.4, 0.5) is 0 Å². The number of carboxylic acids is 1. The van der Waals surface area contributed by atoms with Crippen molar-refractivity contribution < 1.29 is 14.7 Å². The van der Waals surface area contributed by atoms with Gasteiger partial charge < -0.3 is 10.0 Å². The van der Waals surface area contributed by atoms with E-state index < -0.39 is 17.9 Å². The lowest BCUT2D eigenvalue weighted by Crippen LogP contribution is -2.29. The Bertz CT molecular complexity index is 639. The van der Waals surface area contributed by atoms with Crippen molar-refractivity contribution in [2.24, 2.45) is 5.92 Å². The van der Waals surface area contributed by atoms with Gasteiger partial charge in [-0.15, -0.1) is 11.3 Å². The van der Waals surface area contributed by atoms with Crippen LogP contribution in [0.15, 0.2) is 47.8 Å². The summed E-state index contributed by atoms with van der Waals surface area (Å²) in [5.41, 5.74) is 0.882. The molecule has 0 bridgehead atoms. The predicted octanol–water partition coefficient (Wildman–Crippen LogP) is 2.92. The van der Waals surface area contributed by atoms with E-state index in [1.807, 2.05) is 47.8 Å². The third-order valence-electron chi connectivity index (χ3n) is 3.80. The first-order valence-corrected chi connectivity index (χ1v) is 7.64. The predicted molar refractivity (Wildman–Crippen MR) is 79.8 cm³/mol. The van der Waals surface area contributed by atoms with Crippen molar-refractivity contribution >= 4 is 23.2 Å². The van der Waals surface area contributed by atoms with Crippen LogP contribution in [-0.2, 0) is 16.1 Å². The third kappa shape index (κ3) is 2.69. The molecule has 2 aromatic rings. The minimum atomic E-state index is -0.911. The summed E-state index contributed by atoms with van der Waals surface area (Å²) < 4.78 is 0. The van der Waals surface area contributed by atoms with E-state index in [0.29, 0.717) is 6.54 Å². The molecule has 1 aliphatic heterocycles. The molecular weight excluding hydrogens is 286 g/mol. The van der Waals surface area contributed by atoms with Crippen LogP contribution in [0.25, 0.3) is 0 Å². The number of thiophene rings is 1. The maximum atomic E-state index is 12.3. The monoisotopic (exact) mass is 301 g/mol. The molecule has 1 aromatic heterocycles. The Morgan fingerprint density at radius 1 is 1.24 bits per heavy atom. The Morgan fingerprint density at radius 3 is 2.62 bits per heavy atom. The van der Waals surface area contributed by atoms with Gasteiger partial charge in [-0.1, -0.05) is 36.4 Å². The molecular formula is C16H15NO3S. The molecule has 108 valence electrons. The van der Waals surface area contributed by atoms with Crippen molar-refractivity contribution in [1.82, 2.24) is 4.90 Å². The Balaban J connectivity index is 1.95. The number of nitrogens with zero attached hydrogens (tertiary/aromatic N) is 1. The summed E-state index contributed by atoms with van der Waals surface area (Å²) in [6.45, 7) is 0.472. The van der Waals surface area contributed by atoms with Crippen LogP contribution in [0.2, 0.25) is 0 Å². The van der Waals surface area contributed by atoms with E-state index in [1.54, 1.807) is 16.2 Å². The van der Waals surface area contributed by atoms with E-state index in [2.05, 4.69) is 0 Å². The summed E-state index contributed by atoms with van der Waals surface area (Å²) in [6, 6.07) is 12.9. The zero-order valence-electron chi connectivity index (χ0n) is 11.3. The molecule has 0 unspecified atom stereocenters. The van der Waals surface area contributed by atoms with Crippen LogP contribution in [0.5, 0.6) is 0 Å². The number of carbonyl (C=O) groups excluding carboxylic acids is 1. The van der Waals surface area contributed by atoms with Gasteiger partial charge in [0.25, 0.3) is 0 Å². The number of hydrogen-bond donors (Lipinski definition) is 1. The number of carboxylic acid groups (broad SMARTS) is 1. The first-order valence-electron chi connectivity index (χ1n) is 6.76. The van der Waals surface area contributed by atoms with Gasteiger partial charge in [-0.25, -0.2) is 0 Å². The molecule has 1 aliphatic rings. The molecule has 0 saturated carbocycles. The fourth-order valence-corrected chi connectivity index (χ4v) is 3.53. The average molecular weight is 301 g/mol. The Morgan fingerprint density at radius 2 is 2.00 bits per heavy atom. The van der Waals surface area contributed by atoms with Gasteiger partial charge in [-0.3, -0.25) is 9.59 Å². The zero-order valence-corrected chi connectivity index (χ0v) is 12.1. The highest BCUT2D eigenvalue weighted by molar-refractivity contribution is 7.09. The van der Waals surface area contributed by atoms with E-state index in [1.165, 1.54) is 0 Å². The number of rotatable bonds is 4. The second kappa shape index (κ2) is 5.69. The SMILES string of the molecule is O=C(O)[C@@H]1CC(=O)N(Cc2cccs2)[C@@H]1c1ccccc1. The first kappa shape index (κ1) is 13.8. The first-order chi connectivity index (χ1) is 10.2. The summed E-state index contributed by atoms with van der Waals surface area (Å²) in [5, 5.41) is 11.4. The highest BCUT2D eigenvalue weighted by Crippen LogP contribution is 2.39. The lowest BCUT2D eigenvalue weighted by molar-refractivity contribution is -0.142. The Hall–Kier alpha value is -2.14. The van der Waals surface area contributed by atoms with E-state index in [-0.39, 0.29) is 12.3 Å². The summed E-state index contributed by atoms with van der Waals surface area (Å²) in [5.74, 6) is -1.68. The van der Waals surface area contributed by atoms with Crippen molar-refractivity contribution in [3.8, 4) is 0 Å². The normalized spacial score (nSPS) is 21.7. The molecule has 1 aromatic carbocycles. The average Bonchev–Trinajstić information content (AvgIpc) is 3.09. The molecule has 4 nitrogen and oxygen atoms in total. The fourth-order valence-electron chi connectivity index (χ4n) is 2.83. The highest BCUT2D eigenvalue weighted by atomic mass is 32.1. The van der Waals surface area contributed by atoms with Crippen LogP contribution < -0.4 is 0 Å². The summed E-state index contributed by atoms with van der Waals surface area (Å²) in [4.78, 5) is 26.5. The van der Waals surface area contributed by atoms with Crippen LogP contribution in [0, 0.1) is 5.92 Å². The van der Waals surface area contributed by atoms with E-state index in [9.17, 15) is 14.7 Å². The number of hydrogen-bond acceptors (Lipinski definition) is 3. The molecule has 2 heterocycles. The van der Waals surface area contributed by atoms with Crippen molar-refractivity contribution in [2.45, 2.75) is 19.0 Å². The molecule has 3 rings (SSSR count). The maximum Gasteiger partial charge on any atom is 0.309 e.